The van der Waals surface area contributed by atoms with Crippen LogP contribution in [0.25, 0.3) is 0 Å². The molecule has 5 nitrogen and oxygen atoms in total. The highest BCUT2D eigenvalue weighted by atomic mass is 32.2. The molecule has 0 radical (unpaired) electrons. The minimum Gasteiger partial charge on any atom is -0.489 e. The average Bonchev–Trinajstić information content (AvgIpc) is 3.13. The molecular formula is C18H27N3O2S. The number of nitrogens with zero attached hydrogens (tertiary/aromatic N) is 3. The van der Waals surface area contributed by atoms with Gasteiger partial charge in [0.15, 0.2) is 0 Å². The standard InChI is InChI=1S/C18H27N3O2S/c22-18(15-24-13-12-20-8-1-2-9-20)21-10-5-16(6-11-21)23-17-4-3-7-19-14-17/h3-4,7,14,16H,1-2,5-6,8-13,15H2. The van der Waals surface area contributed by atoms with Gasteiger partial charge in [0.2, 0.25) is 5.91 Å². The molecule has 0 atom stereocenters. The van der Waals surface area contributed by atoms with Gasteiger partial charge in [-0.1, -0.05) is 0 Å². The molecule has 0 bridgehead atoms. The minimum atomic E-state index is 0.195. The number of hydrogen-bond acceptors (Lipinski definition) is 5. The van der Waals surface area contributed by atoms with Gasteiger partial charge in [-0.3, -0.25) is 9.78 Å². The van der Waals surface area contributed by atoms with Gasteiger partial charge >= 0.3 is 0 Å². The van der Waals surface area contributed by atoms with Crippen LogP contribution in [0.4, 0.5) is 0 Å². The Kier molecular flexibility index (Phi) is 6.78. The van der Waals surface area contributed by atoms with Gasteiger partial charge in [0, 0.05) is 44.4 Å². The Morgan fingerprint density at radius 3 is 2.75 bits per heavy atom. The lowest BCUT2D eigenvalue weighted by molar-refractivity contribution is -0.130. The van der Waals surface area contributed by atoms with Gasteiger partial charge in [-0.25, -0.2) is 0 Å². The van der Waals surface area contributed by atoms with Gasteiger partial charge < -0.3 is 14.5 Å². The number of pyridine rings is 1. The number of carbonyl (C=O) groups is 1. The maximum absolute atomic E-state index is 12.3. The van der Waals surface area contributed by atoms with E-state index >= 15 is 0 Å². The Labute approximate surface area is 148 Å². The Hall–Kier alpha value is -1.27. The van der Waals surface area contributed by atoms with Crippen molar-refractivity contribution in [2.75, 3.05) is 44.2 Å². The number of carbonyl (C=O) groups excluding carboxylic acids is 1. The van der Waals surface area contributed by atoms with Crippen LogP contribution in [0.15, 0.2) is 24.5 Å². The lowest BCUT2D eigenvalue weighted by atomic mass is 10.1. The molecular weight excluding hydrogens is 322 g/mol. The molecule has 3 heterocycles. The molecule has 132 valence electrons. The quantitative estimate of drug-likeness (QED) is 0.707. The number of thioether (sulfide) groups is 1. The number of amides is 1. The molecule has 2 aliphatic rings. The molecule has 3 rings (SSSR count). The third-order valence-corrected chi connectivity index (χ3v) is 5.63. The predicted molar refractivity (Wildman–Crippen MR) is 97.5 cm³/mol. The van der Waals surface area contributed by atoms with Crippen molar-refractivity contribution in [2.45, 2.75) is 31.8 Å². The zero-order valence-electron chi connectivity index (χ0n) is 14.2. The maximum Gasteiger partial charge on any atom is 0.232 e. The number of ether oxygens (including phenoxy) is 1. The second-order valence-corrected chi connectivity index (χ2v) is 7.59. The van der Waals surface area contributed by atoms with E-state index in [1.807, 2.05) is 17.0 Å². The first-order chi connectivity index (χ1) is 11.8. The Bertz CT molecular complexity index is 500. The van der Waals surface area contributed by atoms with Gasteiger partial charge in [-0.15, -0.1) is 0 Å². The first-order valence-electron chi connectivity index (χ1n) is 8.96. The van der Waals surface area contributed by atoms with Gasteiger partial charge in [-0.05, 0) is 38.1 Å². The third kappa shape index (κ3) is 5.38. The van der Waals surface area contributed by atoms with Crippen LogP contribution in [0.5, 0.6) is 5.75 Å². The summed E-state index contributed by atoms with van der Waals surface area (Å²) in [6, 6.07) is 3.81. The van der Waals surface area contributed by atoms with E-state index in [1.165, 1.54) is 25.9 Å². The second-order valence-electron chi connectivity index (χ2n) is 6.49. The molecule has 1 amide bonds. The van der Waals surface area contributed by atoms with E-state index in [0.717, 1.165) is 44.0 Å². The average molecular weight is 350 g/mol. The monoisotopic (exact) mass is 349 g/mol. The fourth-order valence-corrected chi connectivity index (χ4v) is 4.17. The first-order valence-corrected chi connectivity index (χ1v) is 10.1. The van der Waals surface area contributed by atoms with Crippen LogP contribution in [0.1, 0.15) is 25.7 Å². The highest BCUT2D eigenvalue weighted by Crippen LogP contribution is 2.19. The molecule has 0 saturated carbocycles. The van der Waals surface area contributed by atoms with E-state index < -0.39 is 0 Å². The number of hydrogen-bond donors (Lipinski definition) is 0. The lowest BCUT2D eigenvalue weighted by Crippen LogP contribution is -2.42. The maximum atomic E-state index is 12.3. The number of piperidine rings is 1. The molecule has 2 saturated heterocycles. The van der Waals surface area contributed by atoms with Crippen molar-refractivity contribution in [1.29, 1.82) is 0 Å². The molecule has 24 heavy (non-hydrogen) atoms. The van der Waals surface area contributed by atoms with Crippen molar-refractivity contribution < 1.29 is 9.53 Å². The molecule has 6 heteroatoms. The highest BCUT2D eigenvalue weighted by molar-refractivity contribution is 7.99. The van der Waals surface area contributed by atoms with Crippen LogP contribution >= 0.6 is 11.8 Å². The van der Waals surface area contributed by atoms with Crippen LogP contribution in [0, 0.1) is 0 Å². The summed E-state index contributed by atoms with van der Waals surface area (Å²) in [7, 11) is 0. The van der Waals surface area contributed by atoms with Crippen molar-refractivity contribution in [3.63, 3.8) is 0 Å². The third-order valence-electron chi connectivity index (χ3n) is 4.71. The Balaban J connectivity index is 1.30. The molecule has 0 aliphatic carbocycles. The molecule has 0 N–H and O–H groups in total. The van der Waals surface area contributed by atoms with Crippen LogP contribution in [0.2, 0.25) is 0 Å². The van der Waals surface area contributed by atoms with Crippen molar-refractivity contribution >= 4 is 17.7 Å². The fraction of sp³-hybridized carbons (Fsp3) is 0.667. The summed E-state index contributed by atoms with van der Waals surface area (Å²) in [6.45, 7) is 5.20. The Morgan fingerprint density at radius 2 is 2.04 bits per heavy atom. The molecule has 2 fully saturated rings. The Morgan fingerprint density at radius 1 is 1.25 bits per heavy atom. The van der Waals surface area contributed by atoms with Crippen LogP contribution < -0.4 is 4.74 Å². The topological polar surface area (TPSA) is 45.7 Å². The van der Waals surface area contributed by atoms with E-state index in [0.29, 0.717) is 5.75 Å². The molecule has 2 aliphatic heterocycles. The SMILES string of the molecule is O=C(CSCCN1CCCC1)N1CCC(Oc2cccnc2)CC1. The number of aromatic nitrogens is 1. The van der Waals surface area contributed by atoms with E-state index in [1.54, 1.807) is 24.2 Å². The molecule has 0 spiro atoms. The summed E-state index contributed by atoms with van der Waals surface area (Å²) in [4.78, 5) is 20.9. The summed E-state index contributed by atoms with van der Waals surface area (Å²) in [5, 5.41) is 0. The number of rotatable bonds is 7. The van der Waals surface area contributed by atoms with Crippen molar-refractivity contribution in [1.82, 2.24) is 14.8 Å². The van der Waals surface area contributed by atoms with Gasteiger partial charge in [-0.2, -0.15) is 11.8 Å². The molecule has 0 unspecified atom stereocenters. The predicted octanol–water partition coefficient (Wildman–Crippen LogP) is 2.28. The fourth-order valence-electron chi connectivity index (χ4n) is 3.28. The molecule has 1 aromatic heterocycles. The lowest BCUT2D eigenvalue weighted by Gasteiger charge is -2.32. The zero-order chi connectivity index (χ0) is 16.6. The van der Waals surface area contributed by atoms with Crippen molar-refractivity contribution in [3.8, 4) is 5.75 Å². The van der Waals surface area contributed by atoms with Crippen molar-refractivity contribution in [2.24, 2.45) is 0 Å². The largest absolute Gasteiger partial charge is 0.489 e. The van der Waals surface area contributed by atoms with E-state index in [2.05, 4.69) is 9.88 Å². The number of likely N-dealkylation sites (tertiary alicyclic amines) is 2. The van der Waals surface area contributed by atoms with E-state index in [-0.39, 0.29) is 12.0 Å². The minimum absolute atomic E-state index is 0.195. The van der Waals surface area contributed by atoms with Crippen LogP contribution in [-0.4, -0.2) is 71.0 Å². The highest BCUT2D eigenvalue weighted by Gasteiger charge is 2.23. The summed E-state index contributed by atoms with van der Waals surface area (Å²) >= 11 is 1.77. The van der Waals surface area contributed by atoms with E-state index in [9.17, 15) is 4.79 Å². The molecule has 0 aromatic carbocycles. The first kappa shape index (κ1) is 17.5. The van der Waals surface area contributed by atoms with Crippen molar-refractivity contribution in [3.05, 3.63) is 24.5 Å². The second kappa shape index (κ2) is 9.28. The van der Waals surface area contributed by atoms with Crippen LogP contribution in [0.3, 0.4) is 0 Å². The van der Waals surface area contributed by atoms with Gasteiger partial charge in [0.1, 0.15) is 11.9 Å². The van der Waals surface area contributed by atoms with Gasteiger partial charge in [0.25, 0.3) is 0 Å². The van der Waals surface area contributed by atoms with Crippen LogP contribution in [-0.2, 0) is 4.79 Å². The molecule has 1 aromatic rings. The zero-order valence-corrected chi connectivity index (χ0v) is 15.0. The summed E-state index contributed by atoms with van der Waals surface area (Å²) in [5.74, 6) is 2.77. The summed E-state index contributed by atoms with van der Waals surface area (Å²) in [5.41, 5.74) is 0. The smallest absolute Gasteiger partial charge is 0.232 e. The van der Waals surface area contributed by atoms with Gasteiger partial charge in [0.05, 0.1) is 11.9 Å². The summed E-state index contributed by atoms with van der Waals surface area (Å²) < 4.78 is 5.93. The normalized spacial score (nSPS) is 19.6. The summed E-state index contributed by atoms with van der Waals surface area (Å²) in [6.07, 6.45) is 8.16. The van der Waals surface area contributed by atoms with E-state index in [4.69, 9.17) is 4.74 Å².